The minimum absolute atomic E-state index is 0.0333. The molecule has 3 nitrogen and oxygen atoms in total. The number of carboxylic acids is 1. The highest BCUT2D eigenvalue weighted by molar-refractivity contribution is 5.87. The van der Waals surface area contributed by atoms with Crippen LogP contribution in [-0.4, -0.2) is 17.6 Å². The molecule has 0 aliphatic heterocycles. The van der Waals surface area contributed by atoms with Crippen LogP contribution in [0.3, 0.4) is 0 Å². The van der Waals surface area contributed by atoms with Crippen LogP contribution >= 0.6 is 0 Å². The summed E-state index contributed by atoms with van der Waals surface area (Å²) in [5, 5.41) is 8.83. The van der Waals surface area contributed by atoms with Crippen molar-refractivity contribution in [1.82, 2.24) is 0 Å². The van der Waals surface area contributed by atoms with E-state index in [1.165, 1.54) is 12.1 Å². The van der Waals surface area contributed by atoms with Crippen molar-refractivity contribution in [3.63, 3.8) is 0 Å². The van der Waals surface area contributed by atoms with E-state index in [2.05, 4.69) is 0 Å². The van der Waals surface area contributed by atoms with Crippen LogP contribution in [-0.2, 0) is 6.54 Å². The van der Waals surface area contributed by atoms with Gasteiger partial charge in [-0.05, 0) is 31.2 Å². The zero-order chi connectivity index (χ0) is 14.5. The van der Waals surface area contributed by atoms with E-state index in [-0.39, 0.29) is 5.56 Å². The molecule has 0 aromatic heterocycles. The number of halogens is 1. The summed E-state index contributed by atoms with van der Waals surface area (Å²) in [5.41, 5.74) is 1.46. The molecule has 20 heavy (non-hydrogen) atoms. The van der Waals surface area contributed by atoms with Crippen LogP contribution in [0, 0.1) is 5.82 Å². The van der Waals surface area contributed by atoms with Crippen molar-refractivity contribution in [2.75, 3.05) is 11.4 Å². The third-order valence-corrected chi connectivity index (χ3v) is 3.16. The highest BCUT2D eigenvalue weighted by Gasteiger charge is 2.11. The normalized spacial score (nSPS) is 10.3. The molecule has 0 spiro atoms. The largest absolute Gasteiger partial charge is 0.478 e. The molecule has 104 valence electrons. The fourth-order valence-corrected chi connectivity index (χ4v) is 2.04. The molecule has 0 unspecified atom stereocenters. The van der Waals surface area contributed by atoms with Gasteiger partial charge in [-0.15, -0.1) is 0 Å². The number of benzene rings is 2. The maximum Gasteiger partial charge on any atom is 0.335 e. The smallest absolute Gasteiger partial charge is 0.335 e. The second-order valence-electron chi connectivity index (χ2n) is 4.46. The Labute approximate surface area is 117 Å². The molecule has 0 atom stereocenters. The fraction of sp³-hybridized carbons (Fsp3) is 0.188. The number of carboxylic acid groups (broad SMARTS) is 1. The van der Waals surface area contributed by atoms with Crippen molar-refractivity contribution in [1.29, 1.82) is 0 Å². The van der Waals surface area contributed by atoms with Gasteiger partial charge in [-0.2, -0.15) is 0 Å². The lowest BCUT2D eigenvalue weighted by atomic mass is 10.1. The molecule has 4 heteroatoms. The third-order valence-electron chi connectivity index (χ3n) is 3.16. The number of para-hydroxylation sites is 1. The second-order valence-corrected chi connectivity index (χ2v) is 4.46. The number of hydrogen-bond donors (Lipinski definition) is 1. The third kappa shape index (κ3) is 3.15. The van der Waals surface area contributed by atoms with Gasteiger partial charge < -0.3 is 10.0 Å². The first-order valence-electron chi connectivity index (χ1n) is 6.43. The summed E-state index contributed by atoms with van der Waals surface area (Å²) in [6.07, 6.45) is 0. The number of nitrogens with zero attached hydrogens (tertiary/aromatic N) is 1. The van der Waals surface area contributed by atoms with Gasteiger partial charge >= 0.3 is 5.97 Å². The van der Waals surface area contributed by atoms with Crippen LogP contribution in [0.1, 0.15) is 22.8 Å². The molecule has 2 aromatic rings. The Morgan fingerprint density at radius 3 is 2.45 bits per heavy atom. The van der Waals surface area contributed by atoms with E-state index in [4.69, 9.17) is 5.11 Å². The first kappa shape index (κ1) is 14.1. The lowest BCUT2D eigenvalue weighted by Gasteiger charge is -2.23. The summed E-state index contributed by atoms with van der Waals surface area (Å²) in [6, 6.07) is 13.8. The zero-order valence-electron chi connectivity index (χ0n) is 11.2. The predicted molar refractivity (Wildman–Crippen MR) is 76.5 cm³/mol. The monoisotopic (exact) mass is 273 g/mol. The van der Waals surface area contributed by atoms with Gasteiger partial charge in [0.25, 0.3) is 0 Å². The summed E-state index contributed by atoms with van der Waals surface area (Å²) in [6.45, 7) is 3.15. The number of anilines is 1. The molecular formula is C16H16FNO2. The number of carbonyl (C=O) groups is 1. The van der Waals surface area contributed by atoms with Gasteiger partial charge in [0, 0.05) is 24.3 Å². The second kappa shape index (κ2) is 6.19. The topological polar surface area (TPSA) is 40.5 Å². The molecule has 0 radical (unpaired) electrons. The molecule has 0 fully saturated rings. The molecule has 0 bridgehead atoms. The lowest BCUT2D eigenvalue weighted by molar-refractivity contribution is 0.0696. The molecule has 0 heterocycles. The highest BCUT2D eigenvalue weighted by Crippen LogP contribution is 2.19. The van der Waals surface area contributed by atoms with Crippen LogP contribution in [0.4, 0.5) is 10.1 Å². The summed E-state index contributed by atoms with van der Waals surface area (Å²) in [4.78, 5) is 12.8. The number of aromatic carboxylic acids is 1. The molecule has 1 N–H and O–H groups in total. The van der Waals surface area contributed by atoms with Crippen molar-refractivity contribution in [3.05, 3.63) is 65.5 Å². The standard InChI is InChI=1S/C16H16FNO2/c1-2-18(14-6-4-3-5-7-14)11-13-9-8-12(16(19)20)10-15(13)17/h3-10H,2,11H2,1H3,(H,19,20). The summed E-state index contributed by atoms with van der Waals surface area (Å²) < 4.78 is 13.9. The Balaban J connectivity index is 2.22. The van der Waals surface area contributed by atoms with Gasteiger partial charge in [0.2, 0.25) is 0 Å². The Hall–Kier alpha value is -2.36. The quantitative estimate of drug-likeness (QED) is 0.905. The van der Waals surface area contributed by atoms with E-state index in [0.717, 1.165) is 18.3 Å². The van der Waals surface area contributed by atoms with E-state index in [9.17, 15) is 9.18 Å². The van der Waals surface area contributed by atoms with Gasteiger partial charge in [-0.25, -0.2) is 9.18 Å². The van der Waals surface area contributed by atoms with Crippen LogP contribution < -0.4 is 4.90 Å². The van der Waals surface area contributed by atoms with Crippen molar-refractivity contribution in [2.24, 2.45) is 0 Å². The van der Waals surface area contributed by atoms with Gasteiger partial charge in [-0.3, -0.25) is 0 Å². The summed E-state index contributed by atoms with van der Waals surface area (Å²) >= 11 is 0. The molecule has 0 aliphatic carbocycles. The molecule has 2 rings (SSSR count). The van der Waals surface area contributed by atoms with E-state index in [1.807, 2.05) is 42.2 Å². The molecule has 0 saturated carbocycles. The van der Waals surface area contributed by atoms with Gasteiger partial charge in [-0.1, -0.05) is 24.3 Å². The van der Waals surface area contributed by atoms with E-state index in [1.54, 1.807) is 0 Å². The minimum Gasteiger partial charge on any atom is -0.478 e. The van der Waals surface area contributed by atoms with Crippen molar-refractivity contribution in [3.8, 4) is 0 Å². The lowest BCUT2D eigenvalue weighted by Crippen LogP contribution is -2.22. The average molecular weight is 273 g/mol. The Kier molecular flexibility index (Phi) is 4.35. The molecule has 0 saturated heterocycles. The van der Waals surface area contributed by atoms with Crippen LogP contribution in [0.2, 0.25) is 0 Å². The van der Waals surface area contributed by atoms with Gasteiger partial charge in [0.05, 0.1) is 5.56 Å². The maximum atomic E-state index is 13.9. The Morgan fingerprint density at radius 1 is 1.20 bits per heavy atom. The summed E-state index contributed by atoms with van der Waals surface area (Å²) in [7, 11) is 0. The zero-order valence-corrected chi connectivity index (χ0v) is 11.2. The molecule has 2 aromatic carbocycles. The van der Waals surface area contributed by atoms with Crippen molar-refractivity contribution in [2.45, 2.75) is 13.5 Å². The van der Waals surface area contributed by atoms with Gasteiger partial charge in [0.1, 0.15) is 5.82 Å². The number of rotatable bonds is 5. The highest BCUT2D eigenvalue weighted by atomic mass is 19.1. The average Bonchev–Trinajstić information content (AvgIpc) is 2.46. The van der Waals surface area contributed by atoms with E-state index in [0.29, 0.717) is 12.1 Å². The van der Waals surface area contributed by atoms with E-state index < -0.39 is 11.8 Å². The number of hydrogen-bond acceptors (Lipinski definition) is 2. The van der Waals surface area contributed by atoms with E-state index >= 15 is 0 Å². The van der Waals surface area contributed by atoms with Crippen molar-refractivity contribution < 1.29 is 14.3 Å². The van der Waals surface area contributed by atoms with Crippen molar-refractivity contribution >= 4 is 11.7 Å². The van der Waals surface area contributed by atoms with Gasteiger partial charge in [0.15, 0.2) is 0 Å². The van der Waals surface area contributed by atoms with Crippen LogP contribution in [0.15, 0.2) is 48.5 Å². The maximum absolute atomic E-state index is 13.9. The molecule has 0 amide bonds. The SMILES string of the molecule is CCN(Cc1ccc(C(=O)O)cc1F)c1ccccc1. The molecular weight excluding hydrogens is 257 g/mol. The van der Waals surface area contributed by atoms with Crippen LogP contribution in [0.5, 0.6) is 0 Å². The van der Waals surface area contributed by atoms with Crippen LogP contribution in [0.25, 0.3) is 0 Å². The first-order chi connectivity index (χ1) is 9.61. The summed E-state index contributed by atoms with van der Waals surface area (Å²) in [5.74, 6) is -1.61. The Bertz CT molecular complexity index is 599. The predicted octanol–water partition coefficient (Wildman–Crippen LogP) is 3.55. The fourth-order valence-electron chi connectivity index (χ4n) is 2.04. The first-order valence-corrected chi connectivity index (χ1v) is 6.43. The Morgan fingerprint density at radius 2 is 1.90 bits per heavy atom. The molecule has 0 aliphatic rings. The minimum atomic E-state index is -1.12.